The van der Waals surface area contributed by atoms with Crippen molar-refractivity contribution in [3.63, 3.8) is 0 Å². The van der Waals surface area contributed by atoms with Gasteiger partial charge in [0.1, 0.15) is 5.75 Å². The molecule has 2 amide bonds. The third-order valence-electron chi connectivity index (χ3n) is 2.87. The molecule has 20 heavy (non-hydrogen) atoms. The molecule has 0 saturated carbocycles. The Balaban J connectivity index is 0.00000200. The lowest BCUT2D eigenvalue weighted by Crippen LogP contribution is -2.31. The summed E-state index contributed by atoms with van der Waals surface area (Å²) in [5.74, 6) is 1.05. The summed E-state index contributed by atoms with van der Waals surface area (Å²) in [5, 5.41) is -0.307. The average molecular weight is 317 g/mol. The molecule has 0 aromatic heterocycles. The number of carbonyl (C=O) groups excluding carboxylic acids is 2. The van der Waals surface area contributed by atoms with Crippen LogP contribution in [0.1, 0.15) is 6.42 Å². The second kappa shape index (κ2) is 7.52. The molecule has 1 unspecified atom stereocenters. The highest BCUT2D eigenvalue weighted by molar-refractivity contribution is 8.00. The minimum absolute atomic E-state index is 0. The molecule has 0 bridgehead atoms. The zero-order valence-electron chi connectivity index (χ0n) is 11.1. The highest BCUT2D eigenvalue weighted by Gasteiger charge is 2.39. The van der Waals surface area contributed by atoms with Crippen molar-refractivity contribution in [2.24, 2.45) is 5.73 Å². The molecule has 1 aliphatic rings. The van der Waals surface area contributed by atoms with Crippen LogP contribution >= 0.6 is 24.2 Å². The first-order valence-electron chi connectivity index (χ1n) is 6.00. The number of thioether (sulfide) groups is 1. The van der Waals surface area contributed by atoms with Gasteiger partial charge in [0, 0.05) is 18.7 Å². The normalized spacial score (nSPS) is 18.1. The van der Waals surface area contributed by atoms with E-state index in [0.29, 0.717) is 23.7 Å². The molecule has 1 heterocycles. The number of hydrogen-bond acceptors (Lipinski definition) is 5. The molecule has 1 fully saturated rings. The number of rotatable bonds is 5. The summed E-state index contributed by atoms with van der Waals surface area (Å²) in [5.41, 5.74) is 6.01. The second-order valence-corrected chi connectivity index (χ2v) is 5.43. The van der Waals surface area contributed by atoms with E-state index in [2.05, 4.69) is 0 Å². The molecule has 1 aromatic rings. The van der Waals surface area contributed by atoms with Gasteiger partial charge in [-0.25, -0.2) is 4.90 Å². The predicted molar refractivity (Wildman–Crippen MR) is 82.7 cm³/mol. The van der Waals surface area contributed by atoms with Gasteiger partial charge in [0.2, 0.25) is 11.8 Å². The average Bonchev–Trinajstić information content (AvgIpc) is 2.71. The van der Waals surface area contributed by atoms with E-state index in [0.717, 1.165) is 0 Å². The summed E-state index contributed by atoms with van der Waals surface area (Å²) >= 11 is 1.44. The van der Waals surface area contributed by atoms with E-state index in [9.17, 15) is 9.59 Å². The zero-order chi connectivity index (χ0) is 13.8. The molecule has 1 saturated heterocycles. The molecule has 5 nitrogen and oxygen atoms in total. The van der Waals surface area contributed by atoms with Gasteiger partial charge in [-0.15, -0.1) is 24.2 Å². The molecule has 0 spiro atoms. The summed E-state index contributed by atoms with van der Waals surface area (Å²) < 4.78 is 5.05. The van der Waals surface area contributed by atoms with Gasteiger partial charge in [-0.2, -0.15) is 0 Å². The first-order chi connectivity index (χ1) is 9.17. The van der Waals surface area contributed by atoms with Crippen molar-refractivity contribution in [1.29, 1.82) is 0 Å². The van der Waals surface area contributed by atoms with Crippen LogP contribution in [-0.2, 0) is 9.59 Å². The van der Waals surface area contributed by atoms with Gasteiger partial charge in [0.05, 0.1) is 18.0 Å². The number of hydrogen-bond donors (Lipinski definition) is 1. The number of amides is 2. The van der Waals surface area contributed by atoms with Gasteiger partial charge in [-0.1, -0.05) is 0 Å². The molecule has 2 rings (SSSR count). The maximum Gasteiger partial charge on any atom is 0.247 e. The number of ether oxygens (including phenoxy) is 1. The van der Waals surface area contributed by atoms with Crippen LogP contribution in [-0.4, -0.2) is 36.5 Å². The third-order valence-corrected chi connectivity index (χ3v) is 4.11. The Kier molecular flexibility index (Phi) is 6.32. The fourth-order valence-corrected chi connectivity index (χ4v) is 2.88. The van der Waals surface area contributed by atoms with Crippen molar-refractivity contribution in [3.8, 4) is 5.75 Å². The fourth-order valence-electron chi connectivity index (χ4n) is 1.95. The molecule has 110 valence electrons. The van der Waals surface area contributed by atoms with Crippen molar-refractivity contribution in [2.45, 2.75) is 11.7 Å². The lowest BCUT2D eigenvalue weighted by atomic mass is 10.3. The van der Waals surface area contributed by atoms with Crippen LogP contribution in [0.3, 0.4) is 0 Å². The molecule has 1 atom stereocenters. The summed E-state index contributed by atoms with van der Waals surface area (Å²) in [4.78, 5) is 25.4. The largest absolute Gasteiger partial charge is 0.497 e. The van der Waals surface area contributed by atoms with Gasteiger partial charge in [-0.05, 0) is 24.3 Å². The standard InChI is InChI=1S/C13H16N2O3S.ClH/c1-18-10-4-2-9(3-5-10)15-12(16)8-11(13(15)17)19-7-6-14;/h2-5,11H,6-8,14H2,1H3;1H. The molecule has 1 aliphatic heterocycles. The number of carbonyl (C=O) groups is 2. The lowest BCUT2D eigenvalue weighted by Gasteiger charge is -2.15. The number of halogens is 1. The minimum Gasteiger partial charge on any atom is -0.497 e. The SMILES string of the molecule is COc1ccc(N2C(=O)CC(SCCN)C2=O)cc1.Cl. The van der Waals surface area contributed by atoms with Crippen LogP contribution in [0.25, 0.3) is 0 Å². The van der Waals surface area contributed by atoms with E-state index in [1.54, 1.807) is 31.4 Å². The molecule has 1 aromatic carbocycles. The highest BCUT2D eigenvalue weighted by atomic mass is 35.5. The zero-order valence-corrected chi connectivity index (χ0v) is 12.7. The van der Waals surface area contributed by atoms with Crippen LogP contribution in [0.15, 0.2) is 24.3 Å². The Morgan fingerprint density at radius 1 is 1.35 bits per heavy atom. The fraction of sp³-hybridized carbons (Fsp3) is 0.385. The van der Waals surface area contributed by atoms with E-state index in [1.807, 2.05) is 0 Å². The lowest BCUT2D eigenvalue weighted by molar-refractivity contribution is -0.121. The highest BCUT2D eigenvalue weighted by Crippen LogP contribution is 2.30. The van der Waals surface area contributed by atoms with Gasteiger partial charge in [0.25, 0.3) is 0 Å². The molecule has 7 heteroatoms. The van der Waals surface area contributed by atoms with Gasteiger partial charge in [-0.3, -0.25) is 9.59 Å². The number of nitrogens with zero attached hydrogens (tertiary/aromatic N) is 1. The summed E-state index contributed by atoms with van der Waals surface area (Å²) in [6.07, 6.45) is 0.246. The topological polar surface area (TPSA) is 72.6 Å². The Morgan fingerprint density at radius 3 is 2.55 bits per heavy atom. The predicted octanol–water partition coefficient (Wildman–Crippen LogP) is 1.44. The summed E-state index contributed by atoms with van der Waals surface area (Å²) in [7, 11) is 1.57. The number of anilines is 1. The second-order valence-electron chi connectivity index (χ2n) is 4.12. The van der Waals surface area contributed by atoms with E-state index in [4.69, 9.17) is 10.5 Å². The smallest absolute Gasteiger partial charge is 0.247 e. The molecular weight excluding hydrogens is 300 g/mol. The van der Waals surface area contributed by atoms with E-state index in [-0.39, 0.29) is 35.9 Å². The summed E-state index contributed by atoms with van der Waals surface area (Å²) in [6, 6.07) is 6.89. The van der Waals surface area contributed by atoms with E-state index in [1.165, 1.54) is 16.7 Å². The molecule has 2 N–H and O–H groups in total. The number of nitrogens with two attached hydrogens (primary N) is 1. The van der Waals surface area contributed by atoms with Crippen LogP contribution in [0.4, 0.5) is 5.69 Å². The van der Waals surface area contributed by atoms with Crippen LogP contribution in [0.2, 0.25) is 0 Å². The van der Waals surface area contributed by atoms with Crippen LogP contribution in [0.5, 0.6) is 5.75 Å². The quantitative estimate of drug-likeness (QED) is 0.832. The minimum atomic E-state index is -0.307. The Morgan fingerprint density at radius 2 is 2.00 bits per heavy atom. The summed E-state index contributed by atoms with van der Waals surface area (Å²) in [6.45, 7) is 0.505. The van der Waals surface area contributed by atoms with Gasteiger partial charge in [0.15, 0.2) is 0 Å². The maximum atomic E-state index is 12.2. The van der Waals surface area contributed by atoms with Crippen LogP contribution < -0.4 is 15.4 Å². The third kappa shape index (κ3) is 3.45. The Bertz CT molecular complexity index is 481. The monoisotopic (exact) mass is 316 g/mol. The van der Waals surface area contributed by atoms with Gasteiger partial charge >= 0.3 is 0 Å². The first-order valence-corrected chi connectivity index (χ1v) is 7.04. The maximum absolute atomic E-state index is 12.2. The van der Waals surface area contributed by atoms with Crippen molar-refractivity contribution >= 4 is 41.7 Å². The molecule has 0 radical (unpaired) electrons. The number of methoxy groups -OCH3 is 1. The number of benzene rings is 1. The first kappa shape index (κ1) is 16.8. The van der Waals surface area contributed by atoms with E-state index >= 15 is 0 Å². The van der Waals surface area contributed by atoms with Crippen molar-refractivity contribution in [3.05, 3.63) is 24.3 Å². The Hall–Kier alpha value is -1.24. The molecular formula is C13H17ClN2O3S. The van der Waals surface area contributed by atoms with Crippen LogP contribution in [0, 0.1) is 0 Å². The van der Waals surface area contributed by atoms with Gasteiger partial charge < -0.3 is 10.5 Å². The van der Waals surface area contributed by atoms with Crippen molar-refractivity contribution in [1.82, 2.24) is 0 Å². The van der Waals surface area contributed by atoms with E-state index < -0.39 is 0 Å². The van der Waals surface area contributed by atoms with Crippen molar-refractivity contribution < 1.29 is 14.3 Å². The van der Waals surface area contributed by atoms with Crippen molar-refractivity contribution in [2.75, 3.05) is 24.3 Å². The number of imide groups is 1. The Labute approximate surface area is 128 Å². The molecule has 0 aliphatic carbocycles.